The fourth-order valence-electron chi connectivity index (χ4n) is 3.60. The quantitative estimate of drug-likeness (QED) is 0.644. The number of nitrogen functional groups attached to an aromatic ring is 1. The third-order valence-corrected chi connectivity index (χ3v) is 5.44. The van der Waals surface area contributed by atoms with Gasteiger partial charge in [-0.05, 0) is 43.7 Å². The molecule has 1 fully saturated rings. The first-order valence-electron chi connectivity index (χ1n) is 10.5. The molecule has 1 aliphatic rings. The third kappa shape index (κ3) is 4.81. The number of hydrogen-bond donors (Lipinski definition) is 1. The van der Waals surface area contributed by atoms with E-state index in [9.17, 15) is 4.79 Å². The number of amides is 1. The van der Waals surface area contributed by atoms with Gasteiger partial charge in [0.25, 0.3) is 0 Å². The SMILES string of the molecule is C#CCn1cnc2c(N)nc(C#CCC3CCN(C(=O)Oc4ccc(C)cc4)CC3)nc21. The molecule has 0 unspecified atom stereocenters. The number of nitrogens with two attached hydrogens (primary N) is 1. The number of aryl methyl sites for hydroxylation is 1. The summed E-state index contributed by atoms with van der Waals surface area (Å²) >= 11 is 0. The van der Waals surface area contributed by atoms with Crippen molar-refractivity contribution >= 4 is 23.1 Å². The third-order valence-electron chi connectivity index (χ3n) is 5.44. The lowest BCUT2D eigenvalue weighted by molar-refractivity contribution is 0.131. The van der Waals surface area contributed by atoms with E-state index in [4.69, 9.17) is 16.9 Å². The van der Waals surface area contributed by atoms with Crippen LogP contribution in [0.3, 0.4) is 0 Å². The zero-order valence-electron chi connectivity index (χ0n) is 17.9. The van der Waals surface area contributed by atoms with E-state index >= 15 is 0 Å². The number of hydrogen-bond acceptors (Lipinski definition) is 6. The van der Waals surface area contributed by atoms with E-state index in [1.54, 1.807) is 27.9 Å². The highest BCUT2D eigenvalue weighted by atomic mass is 16.6. The first-order valence-corrected chi connectivity index (χ1v) is 10.5. The largest absolute Gasteiger partial charge is 0.415 e. The average molecular weight is 428 g/mol. The molecule has 0 atom stereocenters. The highest BCUT2D eigenvalue weighted by molar-refractivity contribution is 5.82. The van der Waals surface area contributed by atoms with Gasteiger partial charge in [0, 0.05) is 19.5 Å². The van der Waals surface area contributed by atoms with Gasteiger partial charge in [0.05, 0.1) is 12.9 Å². The van der Waals surface area contributed by atoms with Crippen LogP contribution in [0.4, 0.5) is 10.6 Å². The molecule has 0 bridgehead atoms. The van der Waals surface area contributed by atoms with Crippen LogP contribution in [-0.2, 0) is 6.54 Å². The van der Waals surface area contributed by atoms with Gasteiger partial charge in [-0.2, -0.15) is 0 Å². The molecule has 1 saturated heterocycles. The topological polar surface area (TPSA) is 99.2 Å². The molecular weight excluding hydrogens is 404 g/mol. The predicted molar refractivity (Wildman–Crippen MR) is 122 cm³/mol. The second-order valence-corrected chi connectivity index (χ2v) is 7.80. The number of likely N-dealkylation sites (tertiary alicyclic amines) is 1. The fraction of sp³-hybridized carbons (Fsp3) is 0.333. The number of imidazole rings is 1. The number of benzene rings is 1. The molecule has 0 saturated carbocycles. The van der Waals surface area contributed by atoms with Gasteiger partial charge in [-0.25, -0.2) is 19.7 Å². The van der Waals surface area contributed by atoms with E-state index in [-0.39, 0.29) is 11.9 Å². The molecule has 0 radical (unpaired) electrons. The number of anilines is 1. The molecule has 2 N–H and O–H groups in total. The molecular formula is C24H24N6O2. The van der Waals surface area contributed by atoms with E-state index in [0.717, 1.165) is 18.4 Å². The minimum absolute atomic E-state index is 0.287. The summed E-state index contributed by atoms with van der Waals surface area (Å²) in [5.41, 5.74) is 8.22. The molecule has 0 spiro atoms. The van der Waals surface area contributed by atoms with Crippen molar-refractivity contribution in [3.63, 3.8) is 0 Å². The molecule has 8 heteroatoms. The number of aromatic nitrogens is 4. The van der Waals surface area contributed by atoms with Crippen molar-refractivity contribution in [3.8, 4) is 29.9 Å². The summed E-state index contributed by atoms with van der Waals surface area (Å²) in [5.74, 6) is 10.3. The molecule has 1 aliphatic heterocycles. The zero-order chi connectivity index (χ0) is 22.5. The molecule has 1 amide bonds. The molecule has 0 aliphatic carbocycles. The van der Waals surface area contributed by atoms with E-state index < -0.39 is 0 Å². The van der Waals surface area contributed by atoms with E-state index in [2.05, 4.69) is 32.7 Å². The van der Waals surface area contributed by atoms with Crippen molar-refractivity contribution in [2.45, 2.75) is 32.7 Å². The van der Waals surface area contributed by atoms with Gasteiger partial charge in [0.2, 0.25) is 5.82 Å². The Labute approximate surface area is 186 Å². The zero-order valence-corrected chi connectivity index (χ0v) is 17.9. The van der Waals surface area contributed by atoms with Crippen molar-refractivity contribution in [2.24, 2.45) is 5.92 Å². The molecule has 3 heterocycles. The highest BCUT2D eigenvalue weighted by Gasteiger charge is 2.23. The first kappa shape index (κ1) is 21.2. The van der Waals surface area contributed by atoms with Gasteiger partial charge in [0.15, 0.2) is 11.5 Å². The standard InChI is InChI=1S/C24H24N6O2/c1-3-13-30-16-26-21-22(25)27-20(28-23(21)30)6-4-5-18-11-14-29(15-12-18)24(31)32-19-9-7-17(2)8-10-19/h1,7-10,16,18H,5,11-15H2,2H3,(H2,25,27,28). The first-order chi connectivity index (χ1) is 15.5. The second kappa shape index (κ2) is 9.40. The van der Waals surface area contributed by atoms with Crippen LogP contribution in [0.1, 0.15) is 30.7 Å². The minimum atomic E-state index is -0.306. The molecule has 162 valence electrons. The number of ether oxygens (including phenoxy) is 1. The van der Waals surface area contributed by atoms with Crippen LogP contribution in [0.15, 0.2) is 30.6 Å². The fourth-order valence-corrected chi connectivity index (χ4v) is 3.60. The molecule has 4 rings (SSSR count). The van der Waals surface area contributed by atoms with Crippen molar-refractivity contribution in [3.05, 3.63) is 42.0 Å². The van der Waals surface area contributed by atoms with E-state index in [1.165, 1.54) is 0 Å². The second-order valence-electron chi connectivity index (χ2n) is 7.80. The predicted octanol–water partition coefficient (Wildman–Crippen LogP) is 3.00. The number of carbonyl (C=O) groups excluding carboxylic acids is 1. The summed E-state index contributed by atoms with van der Waals surface area (Å²) in [7, 11) is 0. The van der Waals surface area contributed by atoms with Gasteiger partial charge in [0.1, 0.15) is 11.3 Å². The van der Waals surface area contributed by atoms with Gasteiger partial charge in [-0.3, -0.25) is 0 Å². The maximum atomic E-state index is 12.4. The van der Waals surface area contributed by atoms with Crippen LogP contribution in [0, 0.1) is 37.0 Å². The van der Waals surface area contributed by atoms with Crippen LogP contribution < -0.4 is 10.5 Å². The lowest BCUT2D eigenvalue weighted by Crippen LogP contribution is -2.40. The lowest BCUT2D eigenvalue weighted by atomic mass is 9.94. The van der Waals surface area contributed by atoms with Crippen LogP contribution in [0.2, 0.25) is 0 Å². The van der Waals surface area contributed by atoms with Gasteiger partial charge in [-0.1, -0.05) is 29.5 Å². The van der Waals surface area contributed by atoms with Crippen LogP contribution in [-0.4, -0.2) is 43.6 Å². The molecule has 1 aromatic carbocycles. The van der Waals surface area contributed by atoms with Crippen LogP contribution in [0.5, 0.6) is 5.75 Å². The van der Waals surface area contributed by atoms with Crippen molar-refractivity contribution in [1.82, 2.24) is 24.4 Å². The molecule has 2 aromatic heterocycles. The number of piperidine rings is 1. The van der Waals surface area contributed by atoms with Gasteiger partial charge >= 0.3 is 6.09 Å². The van der Waals surface area contributed by atoms with Crippen LogP contribution in [0.25, 0.3) is 11.2 Å². The Bertz CT molecular complexity index is 1220. The maximum Gasteiger partial charge on any atom is 0.415 e. The van der Waals surface area contributed by atoms with Crippen LogP contribution >= 0.6 is 0 Å². The molecule has 3 aromatic rings. The monoisotopic (exact) mass is 428 g/mol. The Morgan fingerprint density at radius 2 is 2.00 bits per heavy atom. The Kier molecular flexibility index (Phi) is 6.23. The van der Waals surface area contributed by atoms with Crippen molar-refractivity contribution < 1.29 is 9.53 Å². The Balaban J connectivity index is 1.32. The molecule has 32 heavy (non-hydrogen) atoms. The lowest BCUT2D eigenvalue weighted by Gasteiger charge is -2.30. The number of fused-ring (bicyclic) bond motifs is 1. The summed E-state index contributed by atoms with van der Waals surface area (Å²) in [4.78, 5) is 27.0. The Morgan fingerprint density at radius 1 is 1.25 bits per heavy atom. The summed E-state index contributed by atoms with van der Waals surface area (Å²) < 4.78 is 7.20. The van der Waals surface area contributed by atoms with Crippen molar-refractivity contribution in [2.75, 3.05) is 18.8 Å². The van der Waals surface area contributed by atoms with Crippen molar-refractivity contribution in [1.29, 1.82) is 0 Å². The number of nitrogens with zero attached hydrogens (tertiary/aromatic N) is 5. The summed E-state index contributed by atoms with van der Waals surface area (Å²) in [6, 6.07) is 7.46. The summed E-state index contributed by atoms with van der Waals surface area (Å²) in [5, 5.41) is 0. The highest BCUT2D eigenvalue weighted by Crippen LogP contribution is 2.22. The molecule has 8 nitrogen and oxygen atoms in total. The number of carbonyl (C=O) groups is 1. The Morgan fingerprint density at radius 3 is 2.72 bits per heavy atom. The van der Waals surface area contributed by atoms with Gasteiger partial charge < -0.3 is 19.9 Å². The normalized spacial score (nSPS) is 13.9. The van der Waals surface area contributed by atoms with E-state index in [0.29, 0.717) is 54.7 Å². The Hall–Kier alpha value is -4.04. The average Bonchev–Trinajstić information content (AvgIpc) is 3.19. The van der Waals surface area contributed by atoms with E-state index in [1.807, 2.05) is 19.1 Å². The number of rotatable bonds is 3. The minimum Gasteiger partial charge on any atom is -0.410 e. The smallest absolute Gasteiger partial charge is 0.410 e. The summed E-state index contributed by atoms with van der Waals surface area (Å²) in [6.45, 7) is 3.65. The van der Waals surface area contributed by atoms with Gasteiger partial charge in [-0.15, -0.1) is 6.42 Å². The maximum absolute atomic E-state index is 12.4. The number of terminal acetylenes is 1. The summed E-state index contributed by atoms with van der Waals surface area (Å²) in [6.07, 6.45) is 9.12.